The minimum atomic E-state index is -1.10. The van der Waals surface area contributed by atoms with E-state index in [0.29, 0.717) is 13.1 Å². The van der Waals surface area contributed by atoms with Crippen LogP contribution in [-0.4, -0.2) is 41.1 Å². The summed E-state index contributed by atoms with van der Waals surface area (Å²) in [5.74, 6) is 1.15. The van der Waals surface area contributed by atoms with Crippen molar-refractivity contribution in [3.8, 4) is 12.3 Å². The normalized spacial score (nSPS) is 19.5. The molecule has 17 heavy (non-hydrogen) atoms. The molecule has 1 rings (SSSR count). The molecular weight excluding hydrogens is 220 g/mol. The summed E-state index contributed by atoms with van der Waals surface area (Å²) in [6.07, 6.45) is 5.98. The monoisotopic (exact) mass is 238 g/mol. The third-order valence-corrected chi connectivity index (χ3v) is 2.88. The maximum atomic E-state index is 11.8. The fourth-order valence-corrected chi connectivity index (χ4v) is 1.84. The highest BCUT2D eigenvalue weighted by Crippen LogP contribution is 2.28. The first kappa shape index (κ1) is 13.4. The van der Waals surface area contributed by atoms with Crippen molar-refractivity contribution in [2.75, 3.05) is 13.1 Å². The number of hydrogen-bond acceptors (Lipinski definition) is 2. The first-order valence-electron chi connectivity index (χ1n) is 5.57. The Labute approximate surface area is 101 Å². The summed E-state index contributed by atoms with van der Waals surface area (Å²) in [6.45, 7) is 5.45. The molecule has 0 aromatic heterocycles. The van der Waals surface area contributed by atoms with Gasteiger partial charge in [0.1, 0.15) is 6.04 Å². The van der Waals surface area contributed by atoms with Crippen molar-refractivity contribution in [3.63, 3.8) is 0 Å². The molecule has 0 aromatic carbocycles. The third-order valence-electron chi connectivity index (χ3n) is 2.88. The molecule has 0 aliphatic carbocycles. The maximum Gasteiger partial charge on any atom is 0.327 e. The lowest BCUT2D eigenvalue weighted by Crippen LogP contribution is -2.47. The van der Waals surface area contributed by atoms with Crippen molar-refractivity contribution in [1.82, 2.24) is 10.2 Å². The van der Waals surface area contributed by atoms with Gasteiger partial charge in [0.15, 0.2) is 0 Å². The van der Waals surface area contributed by atoms with E-state index in [9.17, 15) is 9.59 Å². The Morgan fingerprint density at radius 2 is 2.24 bits per heavy atom. The predicted octanol–water partition coefficient (Wildman–Crippen LogP) is 0.904. The fourth-order valence-electron chi connectivity index (χ4n) is 1.84. The summed E-state index contributed by atoms with van der Waals surface area (Å²) in [5.41, 5.74) is 0.0994. The molecule has 1 fully saturated rings. The van der Waals surface area contributed by atoms with Gasteiger partial charge < -0.3 is 15.3 Å². The van der Waals surface area contributed by atoms with Crippen molar-refractivity contribution < 1.29 is 14.7 Å². The van der Waals surface area contributed by atoms with E-state index in [1.54, 1.807) is 4.90 Å². The SMILES string of the molecule is C#CCC(NC(=O)N1CCC(C)(C)C1)C(=O)O. The van der Waals surface area contributed by atoms with Gasteiger partial charge in [-0.2, -0.15) is 0 Å². The number of rotatable bonds is 3. The zero-order chi connectivity index (χ0) is 13.1. The molecule has 0 aromatic rings. The van der Waals surface area contributed by atoms with Crippen LogP contribution in [0, 0.1) is 17.8 Å². The molecule has 0 spiro atoms. The standard InChI is InChI=1S/C12H18N2O3/c1-4-5-9(10(15)16)13-11(17)14-7-6-12(2,3)8-14/h1,9H,5-8H2,2-3H3,(H,13,17)(H,15,16). The van der Waals surface area contributed by atoms with E-state index in [-0.39, 0.29) is 17.9 Å². The molecule has 1 aliphatic rings. The van der Waals surface area contributed by atoms with E-state index in [2.05, 4.69) is 25.1 Å². The Hall–Kier alpha value is -1.70. The second-order valence-electron chi connectivity index (χ2n) is 5.08. The molecule has 0 saturated carbocycles. The zero-order valence-corrected chi connectivity index (χ0v) is 10.2. The highest BCUT2D eigenvalue weighted by molar-refractivity contribution is 5.83. The molecule has 5 heteroatoms. The molecule has 1 aliphatic heterocycles. The lowest BCUT2D eigenvalue weighted by atomic mass is 9.93. The van der Waals surface area contributed by atoms with Crippen LogP contribution in [0.15, 0.2) is 0 Å². The molecule has 5 nitrogen and oxygen atoms in total. The highest BCUT2D eigenvalue weighted by Gasteiger charge is 2.33. The van der Waals surface area contributed by atoms with Crippen LogP contribution in [0.25, 0.3) is 0 Å². The van der Waals surface area contributed by atoms with Gasteiger partial charge in [0.25, 0.3) is 0 Å². The van der Waals surface area contributed by atoms with Gasteiger partial charge in [0.05, 0.1) is 0 Å². The van der Waals surface area contributed by atoms with Gasteiger partial charge in [-0.1, -0.05) is 13.8 Å². The first-order chi connectivity index (χ1) is 7.85. The Morgan fingerprint density at radius 1 is 1.59 bits per heavy atom. The molecule has 1 saturated heterocycles. The number of nitrogens with zero attached hydrogens (tertiary/aromatic N) is 1. The number of nitrogens with one attached hydrogen (secondary N) is 1. The number of carboxylic acids is 1. The molecule has 1 unspecified atom stereocenters. The van der Waals surface area contributed by atoms with E-state index >= 15 is 0 Å². The second-order valence-corrected chi connectivity index (χ2v) is 5.08. The molecule has 0 bridgehead atoms. The van der Waals surface area contributed by atoms with Gasteiger partial charge in [0.2, 0.25) is 0 Å². The van der Waals surface area contributed by atoms with Gasteiger partial charge in [-0.15, -0.1) is 12.3 Å². The van der Waals surface area contributed by atoms with E-state index in [4.69, 9.17) is 11.5 Å². The number of urea groups is 1. The first-order valence-corrected chi connectivity index (χ1v) is 5.57. The Kier molecular flexibility index (Phi) is 4.00. The second kappa shape index (κ2) is 5.09. The largest absolute Gasteiger partial charge is 0.480 e. The minimum Gasteiger partial charge on any atom is -0.480 e. The summed E-state index contributed by atoms with van der Waals surface area (Å²) < 4.78 is 0. The van der Waals surface area contributed by atoms with Crippen LogP contribution in [0.2, 0.25) is 0 Å². The van der Waals surface area contributed by atoms with Gasteiger partial charge in [-0.3, -0.25) is 0 Å². The van der Waals surface area contributed by atoms with Crippen LogP contribution >= 0.6 is 0 Å². The molecule has 94 valence electrons. The highest BCUT2D eigenvalue weighted by atomic mass is 16.4. The van der Waals surface area contributed by atoms with Crippen molar-refractivity contribution in [3.05, 3.63) is 0 Å². The van der Waals surface area contributed by atoms with Gasteiger partial charge in [0, 0.05) is 19.5 Å². The van der Waals surface area contributed by atoms with Crippen molar-refractivity contribution >= 4 is 12.0 Å². The minimum absolute atomic E-state index is 0.00168. The van der Waals surface area contributed by atoms with Crippen molar-refractivity contribution in [1.29, 1.82) is 0 Å². The number of terminal acetylenes is 1. The molecule has 0 radical (unpaired) electrons. The average molecular weight is 238 g/mol. The lowest BCUT2D eigenvalue weighted by Gasteiger charge is -2.22. The molecular formula is C12H18N2O3. The van der Waals surface area contributed by atoms with Gasteiger partial charge in [-0.05, 0) is 11.8 Å². The molecule has 1 heterocycles. The predicted molar refractivity (Wildman–Crippen MR) is 63.4 cm³/mol. The molecule has 2 amide bonds. The number of carbonyl (C=O) groups is 2. The van der Waals surface area contributed by atoms with Gasteiger partial charge in [-0.25, -0.2) is 9.59 Å². The van der Waals surface area contributed by atoms with Crippen molar-refractivity contribution in [2.24, 2.45) is 5.41 Å². The topological polar surface area (TPSA) is 69.6 Å². The zero-order valence-electron chi connectivity index (χ0n) is 10.2. The summed E-state index contributed by atoms with van der Waals surface area (Å²) in [4.78, 5) is 24.3. The summed E-state index contributed by atoms with van der Waals surface area (Å²) in [5, 5.41) is 11.3. The lowest BCUT2D eigenvalue weighted by molar-refractivity contribution is -0.139. The Bertz CT molecular complexity index is 357. The van der Waals surface area contributed by atoms with Crippen molar-refractivity contribution in [2.45, 2.75) is 32.7 Å². The number of hydrogen-bond donors (Lipinski definition) is 2. The smallest absolute Gasteiger partial charge is 0.327 e. The Morgan fingerprint density at radius 3 is 2.65 bits per heavy atom. The Balaban J connectivity index is 2.54. The molecule has 2 N–H and O–H groups in total. The average Bonchev–Trinajstić information content (AvgIpc) is 2.58. The quantitative estimate of drug-likeness (QED) is 0.718. The number of likely N-dealkylation sites (tertiary alicyclic amines) is 1. The number of carboxylic acid groups (broad SMARTS) is 1. The van der Waals surface area contributed by atoms with Gasteiger partial charge >= 0.3 is 12.0 Å². The van der Waals surface area contributed by atoms with Crippen LogP contribution in [0.3, 0.4) is 0 Å². The maximum absolute atomic E-state index is 11.8. The van der Waals surface area contributed by atoms with E-state index in [1.807, 2.05) is 0 Å². The summed E-state index contributed by atoms with van der Waals surface area (Å²) >= 11 is 0. The van der Waals surface area contributed by atoms with Crippen LogP contribution in [0.4, 0.5) is 4.79 Å². The van der Waals surface area contributed by atoms with Crippen LogP contribution in [-0.2, 0) is 4.79 Å². The number of carbonyl (C=O) groups excluding carboxylic acids is 1. The fraction of sp³-hybridized carbons (Fsp3) is 0.667. The van der Waals surface area contributed by atoms with E-state index in [0.717, 1.165) is 6.42 Å². The van der Waals surface area contributed by atoms with Crippen LogP contribution in [0.1, 0.15) is 26.7 Å². The van der Waals surface area contributed by atoms with E-state index < -0.39 is 12.0 Å². The molecule has 1 atom stereocenters. The summed E-state index contributed by atoms with van der Waals surface area (Å²) in [7, 11) is 0. The number of amides is 2. The third kappa shape index (κ3) is 3.66. The number of aliphatic carboxylic acids is 1. The van der Waals surface area contributed by atoms with Crippen LogP contribution < -0.4 is 5.32 Å². The van der Waals surface area contributed by atoms with E-state index in [1.165, 1.54) is 0 Å². The van der Waals surface area contributed by atoms with Crippen LogP contribution in [0.5, 0.6) is 0 Å². The summed E-state index contributed by atoms with van der Waals surface area (Å²) in [6, 6.07) is -1.35.